The van der Waals surface area contributed by atoms with Crippen molar-refractivity contribution in [2.45, 2.75) is 13.8 Å². The summed E-state index contributed by atoms with van der Waals surface area (Å²) in [6, 6.07) is 64.6. The summed E-state index contributed by atoms with van der Waals surface area (Å²) < 4.78 is 0. The van der Waals surface area contributed by atoms with Crippen LogP contribution < -0.4 is 0 Å². The molecule has 0 aliphatic rings. The first-order chi connectivity index (χ1) is 21.6. The van der Waals surface area contributed by atoms with Crippen LogP contribution in [0.4, 0.5) is 0 Å². The van der Waals surface area contributed by atoms with Crippen molar-refractivity contribution in [3.05, 3.63) is 193 Å². The molecule has 7 rings (SSSR count). The van der Waals surface area contributed by atoms with Gasteiger partial charge in [-0.05, 0) is 87.7 Å². The Morgan fingerprint density at radius 2 is 0.409 bits per heavy atom. The molecule has 0 heteroatoms. The Kier molecular flexibility index (Phi) is 8.90. The van der Waals surface area contributed by atoms with Gasteiger partial charge in [0.05, 0.1) is 0 Å². The smallest absolute Gasteiger partial charge is 0.0172 e. The number of hydrogen-bond donors (Lipinski definition) is 0. The summed E-state index contributed by atoms with van der Waals surface area (Å²) >= 11 is 0. The lowest BCUT2D eigenvalue weighted by molar-refractivity contribution is 1.47. The van der Waals surface area contributed by atoms with Crippen LogP contribution >= 0.6 is 0 Å². The van der Waals surface area contributed by atoms with Crippen LogP contribution in [0.25, 0.3) is 55.6 Å². The number of hydrogen-bond acceptors (Lipinski definition) is 0. The van der Waals surface area contributed by atoms with Gasteiger partial charge in [0.25, 0.3) is 0 Å². The summed E-state index contributed by atoms with van der Waals surface area (Å²) in [5.41, 5.74) is 15.1. The fourth-order valence-corrected chi connectivity index (χ4v) is 5.37. The molecule has 0 saturated heterocycles. The molecule has 7 aromatic rings. The Morgan fingerprint density at radius 3 is 0.705 bits per heavy atom. The average Bonchev–Trinajstić information content (AvgIpc) is 3.10. The first kappa shape index (κ1) is 28.6. The minimum atomic E-state index is 1.24. The van der Waals surface area contributed by atoms with Crippen LogP contribution in [0.3, 0.4) is 0 Å². The van der Waals surface area contributed by atoms with Crippen molar-refractivity contribution in [1.82, 2.24) is 0 Å². The topological polar surface area (TPSA) is 0 Å². The maximum atomic E-state index is 2.28. The van der Waals surface area contributed by atoms with Gasteiger partial charge in [-0.25, -0.2) is 0 Å². The molecule has 0 spiro atoms. The van der Waals surface area contributed by atoms with E-state index in [0.717, 1.165) is 0 Å². The van der Waals surface area contributed by atoms with E-state index in [-0.39, 0.29) is 0 Å². The summed E-state index contributed by atoms with van der Waals surface area (Å²) in [6.07, 6.45) is 0. The van der Waals surface area contributed by atoms with Crippen LogP contribution in [0.1, 0.15) is 11.1 Å². The maximum absolute atomic E-state index is 2.28. The van der Waals surface area contributed by atoms with Crippen LogP contribution in [-0.4, -0.2) is 0 Å². The van der Waals surface area contributed by atoms with E-state index in [2.05, 4.69) is 190 Å². The molecule has 0 amide bonds. The van der Waals surface area contributed by atoms with E-state index in [9.17, 15) is 0 Å². The van der Waals surface area contributed by atoms with Gasteiger partial charge in [-0.3, -0.25) is 0 Å². The van der Waals surface area contributed by atoms with Gasteiger partial charge >= 0.3 is 0 Å². The largest absolute Gasteiger partial charge is 0.0622 e. The molecule has 0 aliphatic heterocycles. The molecular weight excluding hydrogens is 528 g/mol. The van der Waals surface area contributed by atoms with E-state index in [1.165, 1.54) is 66.8 Å². The van der Waals surface area contributed by atoms with Crippen LogP contribution in [-0.2, 0) is 0 Å². The summed E-state index contributed by atoms with van der Waals surface area (Å²) in [4.78, 5) is 0. The van der Waals surface area contributed by atoms with E-state index in [1.807, 2.05) is 6.07 Å². The zero-order chi connectivity index (χ0) is 30.1. The van der Waals surface area contributed by atoms with Crippen LogP contribution in [0.2, 0.25) is 0 Å². The highest BCUT2D eigenvalue weighted by Crippen LogP contribution is 2.33. The highest BCUT2D eigenvalue weighted by atomic mass is 14.1. The van der Waals surface area contributed by atoms with Crippen LogP contribution in [0, 0.1) is 13.8 Å². The summed E-state index contributed by atoms with van der Waals surface area (Å²) in [6.45, 7) is 4.24. The summed E-state index contributed by atoms with van der Waals surface area (Å²) in [5, 5.41) is 0. The molecule has 212 valence electrons. The molecular formula is C44H36. The van der Waals surface area contributed by atoms with Gasteiger partial charge in [-0.2, -0.15) is 0 Å². The van der Waals surface area contributed by atoms with E-state index in [4.69, 9.17) is 0 Å². The van der Waals surface area contributed by atoms with Gasteiger partial charge < -0.3 is 0 Å². The lowest BCUT2D eigenvalue weighted by Crippen LogP contribution is -1.86. The van der Waals surface area contributed by atoms with Crippen molar-refractivity contribution in [2.75, 3.05) is 0 Å². The average molecular weight is 565 g/mol. The Labute approximate surface area is 262 Å². The number of aryl methyl sites for hydroxylation is 2. The molecule has 7 aromatic carbocycles. The molecule has 0 fully saturated rings. The molecule has 0 N–H and O–H groups in total. The van der Waals surface area contributed by atoms with Gasteiger partial charge in [0.15, 0.2) is 0 Å². The second-order valence-electron chi connectivity index (χ2n) is 11.2. The van der Waals surface area contributed by atoms with E-state index < -0.39 is 0 Å². The standard InChI is InChI=1S/C25H20.C19H16/c1-19-12-14-22(15-13-19)25-17-23(20-8-4-2-5-9-20)16-24(18-25)21-10-6-3-7-11-21;1-15-7-9-17(10-8-15)19-13-11-18(12-14-19)16-5-3-2-4-6-16/h2-18H,1H3;2-14H,1H3. The van der Waals surface area contributed by atoms with Crippen LogP contribution in [0.5, 0.6) is 0 Å². The molecule has 0 nitrogen and oxygen atoms in total. The molecule has 0 saturated carbocycles. The second-order valence-corrected chi connectivity index (χ2v) is 11.2. The first-order valence-corrected chi connectivity index (χ1v) is 15.2. The zero-order valence-corrected chi connectivity index (χ0v) is 25.3. The van der Waals surface area contributed by atoms with E-state index in [0.29, 0.717) is 0 Å². The lowest BCUT2D eigenvalue weighted by atomic mass is 9.93. The molecule has 44 heavy (non-hydrogen) atoms. The SMILES string of the molecule is Cc1ccc(-c2cc(-c3ccccc3)cc(-c3ccccc3)c2)cc1.Cc1ccc(-c2ccc(-c3ccccc3)cc2)cc1. The molecule has 0 bridgehead atoms. The highest BCUT2D eigenvalue weighted by Gasteiger charge is 2.07. The summed E-state index contributed by atoms with van der Waals surface area (Å²) in [5.74, 6) is 0. The van der Waals surface area contributed by atoms with Crippen molar-refractivity contribution in [3.8, 4) is 55.6 Å². The van der Waals surface area contributed by atoms with E-state index >= 15 is 0 Å². The zero-order valence-electron chi connectivity index (χ0n) is 25.3. The number of rotatable bonds is 5. The molecule has 0 atom stereocenters. The quantitative estimate of drug-likeness (QED) is 0.195. The second kappa shape index (κ2) is 13.7. The predicted octanol–water partition coefficient (Wildman–Crippen LogP) is 12.3. The van der Waals surface area contributed by atoms with Crippen molar-refractivity contribution in [1.29, 1.82) is 0 Å². The third kappa shape index (κ3) is 7.12. The molecule has 0 unspecified atom stereocenters. The van der Waals surface area contributed by atoms with Gasteiger partial charge in [-0.15, -0.1) is 0 Å². The minimum absolute atomic E-state index is 1.24. The monoisotopic (exact) mass is 564 g/mol. The summed E-state index contributed by atoms with van der Waals surface area (Å²) in [7, 11) is 0. The molecule has 0 aliphatic carbocycles. The molecule has 0 heterocycles. The van der Waals surface area contributed by atoms with Crippen molar-refractivity contribution >= 4 is 0 Å². The lowest BCUT2D eigenvalue weighted by Gasteiger charge is -2.11. The van der Waals surface area contributed by atoms with Crippen LogP contribution in [0.15, 0.2) is 182 Å². The van der Waals surface area contributed by atoms with Gasteiger partial charge in [-0.1, -0.05) is 175 Å². The Hall–Kier alpha value is -5.46. The Balaban J connectivity index is 0.000000162. The Bertz CT molecular complexity index is 1840. The Morgan fingerprint density at radius 1 is 0.205 bits per heavy atom. The third-order valence-electron chi connectivity index (χ3n) is 7.91. The predicted molar refractivity (Wildman–Crippen MR) is 190 cm³/mol. The minimum Gasteiger partial charge on any atom is -0.0622 e. The normalized spacial score (nSPS) is 10.5. The van der Waals surface area contributed by atoms with Crippen molar-refractivity contribution in [3.63, 3.8) is 0 Å². The molecule has 0 aromatic heterocycles. The highest BCUT2D eigenvalue weighted by molar-refractivity contribution is 5.81. The number of benzene rings is 7. The fourth-order valence-electron chi connectivity index (χ4n) is 5.37. The van der Waals surface area contributed by atoms with Gasteiger partial charge in [0.2, 0.25) is 0 Å². The third-order valence-corrected chi connectivity index (χ3v) is 7.91. The van der Waals surface area contributed by atoms with Gasteiger partial charge in [0.1, 0.15) is 0 Å². The van der Waals surface area contributed by atoms with Gasteiger partial charge in [0, 0.05) is 0 Å². The first-order valence-electron chi connectivity index (χ1n) is 15.2. The van der Waals surface area contributed by atoms with Crippen molar-refractivity contribution in [2.24, 2.45) is 0 Å². The maximum Gasteiger partial charge on any atom is -0.0172 e. The molecule has 0 radical (unpaired) electrons. The van der Waals surface area contributed by atoms with E-state index in [1.54, 1.807) is 0 Å². The fraction of sp³-hybridized carbons (Fsp3) is 0.0455. The van der Waals surface area contributed by atoms with Crippen molar-refractivity contribution < 1.29 is 0 Å².